The molecule has 0 fully saturated rings. The van der Waals surface area contributed by atoms with Gasteiger partial charge in [-0.05, 0) is 51.3 Å². The molecule has 0 aliphatic rings. The van der Waals surface area contributed by atoms with Gasteiger partial charge in [-0.1, -0.05) is 30.5 Å². The maximum Gasteiger partial charge on any atom is 0.106 e. The third-order valence-corrected chi connectivity index (χ3v) is 3.94. The second kappa shape index (κ2) is 7.41. The lowest BCUT2D eigenvalue weighted by Crippen LogP contribution is -1.98. The summed E-state index contributed by atoms with van der Waals surface area (Å²) in [5, 5.41) is 0. The van der Waals surface area contributed by atoms with E-state index in [4.69, 9.17) is 5.73 Å². The monoisotopic (exact) mass is 285 g/mol. The van der Waals surface area contributed by atoms with Crippen LogP contribution in [0.4, 0.5) is 0 Å². The number of nitrogens with one attached hydrogen (secondary N) is 1. The van der Waals surface area contributed by atoms with Crippen LogP contribution in [0.2, 0.25) is 0 Å². The number of aromatic nitrogens is 2. The van der Waals surface area contributed by atoms with E-state index in [-0.39, 0.29) is 0 Å². The van der Waals surface area contributed by atoms with Gasteiger partial charge in [0.2, 0.25) is 0 Å². The molecule has 0 aliphatic heterocycles. The van der Waals surface area contributed by atoms with Crippen molar-refractivity contribution >= 4 is 0 Å². The van der Waals surface area contributed by atoms with Crippen LogP contribution in [0.25, 0.3) is 11.3 Å². The Labute approximate surface area is 128 Å². The number of H-pyrrole nitrogens is 1. The number of nitrogens with zero attached hydrogens (tertiary/aromatic N) is 1. The fourth-order valence-corrected chi connectivity index (χ4v) is 3.01. The first-order valence-corrected chi connectivity index (χ1v) is 7.94. The molecule has 2 rings (SSSR count). The minimum atomic E-state index is 0.802. The summed E-state index contributed by atoms with van der Waals surface area (Å²) in [6.07, 6.45) is 7.76. The van der Waals surface area contributed by atoms with Crippen LogP contribution in [0, 0.1) is 20.8 Å². The van der Waals surface area contributed by atoms with E-state index in [0.717, 1.165) is 30.9 Å². The first-order chi connectivity index (χ1) is 10.1. The van der Waals surface area contributed by atoms with Crippen molar-refractivity contribution in [3.8, 4) is 11.3 Å². The molecule has 1 aromatic carbocycles. The van der Waals surface area contributed by atoms with Crippen LogP contribution >= 0.6 is 0 Å². The molecule has 2 aromatic rings. The summed E-state index contributed by atoms with van der Waals surface area (Å²) in [4.78, 5) is 8.02. The fraction of sp³-hybridized carbons (Fsp3) is 0.500. The molecule has 0 bridgehead atoms. The zero-order valence-electron chi connectivity index (χ0n) is 13.5. The SMILES string of the molecule is Cc1cc(C)c(-c2cnc(CCCCCCN)[nH]2)c(C)c1. The number of unbranched alkanes of at least 4 members (excludes halogenated alkanes) is 3. The van der Waals surface area contributed by atoms with Crippen molar-refractivity contribution in [2.24, 2.45) is 5.73 Å². The van der Waals surface area contributed by atoms with Crippen molar-refractivity contribution in [1.29, 1.82) is 0 Å². The topological polar surface area (TPSA) is 54.7 Å². The molecule has 0 radical (unpaired) electrons. The third-order valence-electron chi connectivity index (χ3n) is 3.94. The normalized spacial score (nSPS) is 11.0. The van der Waals surface area contributed by atoms with Crippen molar-refractivity contribution in [2.45, 2.75) is 52.9 Å². The van der Waals surface area contributed by atoms with Crippen molar-refractivity contribution in [2.75, 3.05) is 6.54 Å². The zero-order chi connectivity index (χ0) is 15.2. The minimum Gasteiger partial charge on any atom is -0.342 e. The molecule has 0 amide bonds. The highest BCUT2D eigenvalue weighted by molar-refractivity contribution is 5.67. The fourth-order valence-electron chi connectivity index (χ4n) is 3.01. The number of aromatic amines is 1. The molecular weight excluding hydrogens is 258 g/mol. The Morgan fingerprint density at radius 3 is 2.33 bits per heavy atom. The summed E-state index contributed by atoms with van der Waals surface area (Å²) >= 11 is 0. The van der Waals surface area contributed by atoms with E-state index in [9.17, 15) is 0 Å². The van der Waals surface area contributed by atoms with Crippen molar-refractivity contribution < 1.29 is 0 Å². The van der Waals surface area contributed by atoms with Gasteiger partial charge in [0.15, 0.2) is 0 Å². The maximum absolute atomic E-state index is 5.51. The highest BCUT2D eigenvalue weighted by Gasteiger charge is 2.09. The van der Waals surface area contributed by atoms with E-state index in [2.05, 4.69) is 42.9 Å². The first-order valence-electron chi connectivity index (χ1n) is 7.94. The summed E-state index contributed by atoms with van der Waals surface area (Å²) in [6, 6.07) is 4.46. The van der Waals surface area contributed by atoms with Crippen LogP contribution in [-0.2, 0) is 6.42 Å². The zero-order valence-corrected chi connectivity index (χ0v) is 13.5. The lowest BCUT2D eigenvalue weighted by Gasteiger charge is -2.09. The molecule has 0 saturated heterocycles. The van der Waals surface area contributed by atoms with Gasteiger partial charge in [-0.2, -0.15) is 0 Å². The van der Waals surface area contributed by atoms with Crippen LogP contribution in [-0.4, -0.2) is 16.5 Å². The van der Waals surface area contributed by atoms with Crippen LogP contribution in [0.5, 0.6) is 0 Å². The summed E-state index contributed by atoms with van der Waals surface area (Å²) in [5.74, 6) is 1.09. The Hall–Kier alpha value is -1.61. The quantitative estimate of drug-likeness (QED) is 0.754. The number of hydrogen-bond donors (Lipinski definition) is 2. The highest BCUT2D eigenvalue weighted by atomic mass is 14.9. The van der Waals surface area contributed by atoms with Crippen LogP contribution in [0.1, 0.15) is 48.2 Å². The predicted molar refractivity (Wildman–Crippen MR) is 89.5 cm³/mol. The number of imidazole rings is 1. The Balaban J connectivity index is 2.03. The molecule has 0 saturated carbocycles. The lowest BCUT2D eigenvalue weighted by atomic mass is 9.98. The molecule has 21 heavy (non-hydrogen) atoms. The molecule has 3 heteroatoms. The summed E-state index contributed by atoms with van der Waals surface area (Å²) in [7, 11) is 0. The Morgan fingerprint density at radius 1 is 1.00 bits per heavy atom. The van der Waals surface area contributed by atoms with Gasteiger partial charge in [0.05, 0.1) is 11.9 Å². The largest absolute Gasteiger partial charge is 0.342 e. The number of aryl methyl sites for hydroxylation is 4. The number of benzene rings is 1. The number of nitrogens with two attached hydrogens (primary N) is 1. The van der Waals surface area contributed by atoms with E-state index in [1.807, 2.05) is 6.20 Å². The highest BCUT2D eigenvalue weighted by Crippen LogP contribution is 2.27. The molecule has 0 spiro atoms. The minimum absolute atomic E-state index is 0.802. The Bertz CT molecular complexity index is 561. The summed E-state index contributed by atoms with van der Waals surface area (Å²) in [6.45, 7) is 7.28. The van der Waals surface area contributed by atoms with Gasteiger partial charge in [0, 0.05) is 12.0 Å². The summed E-state index contributed by atoms with van der Waals surface area (Å²) < 4.78 is 0. The van der Waals surface area contributed by atoms with Crippen LogP contribution in [0.3, 0.4) is 0 Å². The average molecular weight is 285 g/mol. The number of rotatable bonds is 7. The van der Waals surface area contributed by atoms with E-state index in [1.165, 1.54) is 41.5 Å². The molecule has 0 atom stereocenters. The molecule has 1 heterocycles. The van der Waals surface area contributed by atoms with E-state index in [0.29, 0.717) is 0 Å². The molecule has 3 N–H and O–H groups in total. The average Bonchev–Trinajstić information content (AvgIpc) is 2.86. The van der Waals surface area contributed by atoms with Crippen LogP contribution in [0.15, 0.2) is 18.3 Å². The molecule has 0 aliphatic carbocycles. The van der Waals surface area contributed by atoms with Gasteiger partial charge in [0.25, 0.3) is 0 Å². The van der Waals surface area contributed by atoms with E-state index >= 15 is 0 Å². The number of hydrogen-bond acceptors (Lipinski definition) is 2. The Kier molecular flexibility index (Phi) is 5.57. The smallest absolute Gasteiger partial charge is 0.106 e. The van der Waals surface area contributed by atoms with Gasteiger partial charge < -0.3 is 10.7 Å². The second-order valence-electron chi connectivity index (χ2n) is 5.97. The summed E-state index contributed by atoms with van der Waals surface area (Å²) in [5.41, 5.74) is 11.9. The molecular formula is C18H27N3. The van der Waals surface area contributed by atoms with Crippen molar-refractivity contribution in [3.05, 3.63) is 40.8 Å². The van der Waals surface area contributed by atoms with Crippen LogP contribution < -0.4 is 5.73 Å². The van der Waals surface area contributed by atoms with Gasteiger partial charge in [-0.3, -0.25) is 0 Å². The Morgan fingerprint density at radius 2 is 1.67 bits per heavy atom. The second-order valence-corrected chi connectivity index (χ2v) is 5.97. The molecule has 0 unspecified atom stereocenters. The maximum atomic E-state index is 5.51. The van der Waals surface area contributed by atoms with Gasteiger partial charge in [0.1, 0.15) is 5.82 Å². The first kappa shape index (κ1) is 15.8. The molecule has 3 nitrogen and oxygen atoms in total. The van der Waals surface area contributed by atoms with Gasteiger partial charge in [-0.15, -0.1) is 0 Å². The van der Waals surface area contributed by atoms with E-state index < -0.39 is 0 Å². The predicted octanol–water partition coefficient (Wildman–Crippen LogP) is 4.06. The third kappa shape index (κ3) is 4.18. The van der Waals surface area contributed by atoms with Gasteiger partial charge in [-0.25, -0.2) is 4.98 Å². The van der Waals surface area contributed by atoms with Crippen molar-refractivity contribution in [3.63, 3.8) is 0 Å². The standard InChI is InChI=1S/C18H27N3/c1-13-10-14(2)18(15(3)11-13)16-12-20-17(21-16)8-6-4-5-7-9-19/h10-12H,4-9,19H2,1-3H3,(H,20,21). The molecule has 1 aromatic heterocycles. The van der Waals surface area contributed by atoms with E-state index in [1.54, 1.807) is 0 Å². The lowest BCUT2D eigenvalue weighted by molar-refractivity contribution is 0.638. The van der Waals surface area contributed by atoms with Crippen molar-refractivity contribution in [1.82, 2.24) is 9.97 Å². The molecule has 114 valence electrons. The van der Waals surface area contributed by atoms with Gasteiger partial charge >= 0.3 is 0 Å².